The second-order valence-corrected chi connectivity index (χ2v) is 5.19. The molecule has 0 bridgehead atoms. The van der Waals surface area contributed by atoms with Crippen LogP contribution in [0.3, 0.4) is 0 Å². The molecule has 2 rings (SSSR count). The molecule has 3 nitrogen and oxygen atoms in total. The van der Waals surface area contributed by atoms with E-state index in [9.17, 15) is 0 Å². The quantitative estimate of drug-likeness (QED) is 0.821. The van der Waals surface area contributed by atoms with Crippen molar-refractivity contribution in [2.75, 3.05) is 7.11 Å². The normalized spacial score (nSPS) is 11.5. The van der Waals surface area contributed by atoms with E-state index in [1.54, 1.807) is 7.11 Å². The number of ether oxygens (including phenoxy) is 1. The van der Waals surface area contributed by atoms with Crippen LogP contribution in [-0.2, 0) is 0 Å². The maximum Gasteiger partial charge on any atom is 0.124 e. The van der Waals surface area contributed by atoms with Crippen LogP contribution in [0.25, 0.3) is 11.0 Å². The van der Waals surface area contributed by atoms with Crippen LogP contribution in [0.1, 0.15) is 50.8 Å². The zero-order chi connectivity index (χ0) is 13.3. The SMILES string of the molecule is COc1cc2nc(C(C)C)cnc2cc1C(C)C. The molecular weight excluding hydrogens is 224 g/mol. The van der Waals surface area contributed by atoms with Gasteiger partial charge in [-0.2, -0.15) is 0 Å². The third-order valence-corrected chi connectivity index (χ3v) is 3.13. The summed E-state index contributed by atoms with van der Waals surface area (Å²) in [7, 11) is 1.70. The van der Waals surface area contributed by atoms with Gasteiger partial charge >= 0.3 is 0 Å². The van der Waals surface area contributed by atoms with Crippen molar-refractivity contribution in [3.63, 3.8) is 0 Å². The Hall–Kier alpha value is -1.64. The number of aromatic nitrogens is 2. The number of benzene rings is 1. The van der Waals surface area contributed by atoms with Crippen LogP contribution >= 0.6 is 0 Å². The van der Waals surface area contributed by atoms with Crippen molar-refractivity contribution in [2.24, 2.45) is 0 Å². The van der Waals surface area contributed by atoms with Crippen molar-refractivity contribution < 1.29 is 4.74 Å². The largest absolute Gasteiger partial charge is 0.496 e. The van der Waals surface area contributed by atoms with E-state index in [0.717, 1.165) is 22.5 Å². The molecule has 1 heterocycles. The summed E-state index contributed by atoms with van der Waals surface area (Å²) in [5.74, 6) is 1.70. The van der Waals surface area contributed by atoms with Crippen molar-refractivity contribution in [3.05, 3.63) is 29.6 Å². The van der Waals surface area contributed by atoms with E-state index in [4.69, 9.17) is 4.74 Å². The minimum atomic E-state index is 0.387. The van der Waals surface area contributed by atoms with Gasteiger partial charge in [-0.15, -0.1) is 0 Å². The predicted molar refractivity (Wildman–Crippen MR) is 74.3 cm³/mol. The maximum absolute atomic E-state index is 5.45. The average molecular weight is 244 g/mol. The molecule has 3 heteroatoms. The molecule has 0 fully saturated rings. The number of hydrogen-bond acceptors (Lipinski definition) is 3. The van der Waals surface area contributed by atoms with Gasteiger partial charge in [0.05, 0.1) is 23.8 Å². The van der Waals surface area contributed by atoms with Gasteiger partial charge in [-0.05, 0) is 23.5 Å². The third-order valence-electron chi connectivity index (χ3n) is 3.13. The highest BCUT2D eigenvalue weighted by Crippen LogP contribution is 2.30. The summed E-state index contributed by atoms with van der Waals surface area (Å²) < 4.78 is 5.45. The molecule has 0 aliphatic heterocycles. The lowest BCUT2D eigenvalue weighted by Crippen LogP contribution is -1.99. The van der Waals surface area contributed by atoms with E-state index < -0.39 is 0 Å². The molecule has 0 aliphatic rings. The van der Waals surface area contributed by atoms with E-state index in [-0.39, 0.29) is 0 Å². The Morgan fingerprint density at radius 2 is 1.72 bits per heavy atom. The molecule has 0 atom stereocenters. The van der Waals surface area contributed by atoms with Crippen LogP contribution in [0.4, 0.5) is 0 Å². The highest BCUT2D eigenvalue weighted by molar-refractivity contribution is 5.77. The highest BCUT2D eigenvalue weighted by Gasteiger charge is 2.11. The first kappa shape index (κ1) is 12.8. The molecule has 0 saturated heterocycles. The van der Waals surface area contributed by atoms with Crippen LogP contribution in [0, 0.1) is 0 Å². The fourth-order valence-corrected chi connectivity index (χ4v) is 1.98. The molecule has 0 unspecified atom stereocenters. The van der Waals surface area contributed by atoms with Gasteiger partial charge < -0.3 is 4.74 Å². The zero-order valence-corrected chi connectivity index (χ0v) is 11.7. The first-order chi connectivity index (χ1) is 8.52. The maximum atomic E-state index is 5.45. The molecule has 18 heavy (non-hydrogen) atoms. The smallest absolute Gasteiger partial charge is 0.124 e. The summed E-state index contributed by atoms with van der Waals surface area (Å²) in [6.45, 7) is 8.55. The van der Waals surface area contributed by atoms with Gasteiger partial charge in [-0.25, -0.2) is 4.98 Å². The van der Waals surface area contributed by atoms with E-state index in [1.165, 1.54) is 5.56 Å². The number of methoxy groups -OCH3 is 1. The van der Waals surface area contributed by atoms with Crippen molar-refractivity contribution in [2.45, 2.75) is 39.5 Å². The van der Waals surface area contributed by atoms with Crippen LogP contribution in [0.5, 0.6) is 5.75 Å². The van der Waals surface area contributed by atoms with E-state index in [2.05, 4.69) is 43.7 Å². The number of fused-ring (bicyclic) bond motifs is 1. The van der Waals surface area contributed by atoms with Crippen molar-refractivity contribution >= 4 is 11.0 Å². The van der Waals surface area contributed by atoms with Crippen molar-refractivity contribution in [1.82, 2.24) is 9.97 Å². The number of hydrogen-bond donors (Lipinski definition) is 0. The van der Waals surface area contributed by atoms with Crippen molar-refractivity contribution in [1.29, 1.82) is 0 Å². The lowest BCUT2D eigenvalue weighted by Gasteiger charge is -2.13. The van der Waals surface area contributed by atoms with Crippen molar-refractivity contribution in [3.8, 4) is 5.75 Å². The van der Waals surface area contributed by atoms with Crippen LogP contribution < -0.4 is 4.74 Å². The van der Waals surface area contributed by atoms with Gasteiger partial charge in [0.25, 0.3) is 0 Å². The second kappa shape index (κ2) is 4.92. The molecule has 0 saturated carbocycles. The van der Waals surface area contributed by atoms with Gasteiger partial charge in [-0.3, -0.25) is 4.98 Å². The third kappa shape index (κ3) is 2.30. The molecule has 0 aliphatic carbocycles. The Kier molecular flexibility index (Phi) is 3.50. The Bertz CT molecular complexity index is 562. The molecule has 1 aromatic heterocycles. The lowest BCUT2D eigenvalue weighted by molar-refractivity contribution is 0.408. The Morgan fingerprint density at radius 1 is 1.00 bits per heavy atom. The minimum Gasteiger partial charge on any atom is -0.496 e. The summed E-state index contributed by atoms with van der Waals surface area (Å²) >= 11 is 0. The summed E-state index contributed by atoms with van der Waals surface area (Å²) in [5, 5.41) is 0. The van der Waals surface area contributed by atoms with Gasteiger partial charge in [0.1, 0.15) is 5.75 Å². The summed E-state index contributed by atoms with van der Waals surface area (Å²) in [6.07, 6.45) is 1.86. The van der Waals surface area contributed by atoms with E-state index in [1.807, 2.05) is 12.3 Å². The lowest BCUT2D eigenvalue weighted by atomic mass is 10.0. The summed E-state index contributed by atoms with van der Waals surface area (Å²) in [5.41, 5.74) is 4.03. The Morgan fingerprint density at radius 3 is 2.28 bits per heavy atom. The molecule has 0 radical (unpaired) electrons. The topological polar surface area (TPSA) is 35.0 Å². The monoisotopic (exact) mass is 244 g/mol. The molecule has 1 aromatic carbocycles. The van der Waals surface area contributed by atoms with E-state index >= 15 is 0 Å². The predicted octanol–water partition coefficient (Wildman–Crippen LogP) is 3.89. The van der Waals surface area contributed by atoms with Crippen LogP contribution in [-0.4, -0.2) is 17.1 Å². The van der Waals surface area contributed by atoms with Gasteiger partial charge in [0, 0.05) is 12.3 Å². The minimum absolute atomic E-state index is 0.387. The molecule has 0 amide bonds. The fourth-order valence-electron chi connectivity index (χ4n) is 1.98. The molecule has 96 valence electrons. The Labute approximate surface area is 108 Å². The fraction of sp³-hybridized carbons (Fsp3) is 0.467. The highest BCUT2D eigenvalue weighted by atomic mass is 16.5. The van der Waals surface area contributed by atoms with Gasteiger partial charge in [0.2, 0.25) is 0 Å². The first-order valence-electron chi connectivity index (χ1n) is 6.37. The molecule has 2 aromatic rings. The summed E-state index contributed by atoms with van der Waals surface area (Å²) in [4.78, 5) is 9.14. The van der Waals surface area contributed by atoms with Gasteiger partial charge in [-0.1, -0.05) is 27.7 Å². The first-order valence-corrected chi connectivity index (χ1v) is 6.37. The van der Waals surface area contributed by atoms with Crippen LogP contribution in [0.2, 0.25) is 0 Å². The zero-order valence-electron chi connectivity index (χ0n) is 11.7. The standard InChI is InChI=1S/C15H20N2O/c1-9(2)11-6-12-13(7-15(11)18-5)17-14(8-16-12)10(3)4/h6-10H,1-5H3. The number of rotatable bonds is 3. The van der Waals surface area contributed by atoms with Gasteiger partial charge in [0.15, 0.2) is 0 Å². The summed E-state index contributed by atoms with van der Waals surface area (Å²) in [6, 6.07) is 4.07. The van der Waals surface area contributed by atoms with Crippen LogP contribution in [0.15, 0.2) is 18.3 Å². The molecular formula is C15H20N2O. The molecule has 0 spiro atoms. The average Bonchev–Trinajstić information content (AvgIpc) is 2.36. The molecule has 0 N–H and O–H groups in total. The second-order valence-electron chi connectivity index (χ2n) is 5.19. The van der Waals surface area contributed by atoms with E-state index in [0.29, 0.717) is 11.8 Å². The number of nitrogens with zero attached hydrogens (tertiary/aromatic N) is 2. The Balaban J connectivity index is 2.63.